The Bertz CT molecular complexity index is 847. The Morgan fingerprint density at radius 2 is 1.73 bits per heavy atom. The molecule has 0 aliphatic carbocycles. The first-order valence-electron chi connectivity index (χ1n) is 8.31. The van der Waals surface area contributed by atoms with E-state index in [-0.39, 0.29) is 11.6 Å². The number of carbonyl (C=O) groups is 1. The molecule has 0 unspecified atom stereocenters. The Morgan fingerprint density at radius 1 is 1.08 bits per heavy atom. The number of amides is 1. The molecule has 3 rings (SSSR count). The van der Waals surface area contributed by atoms with Crippen LogP contribution in [-0.2, 0) is 0 Å². The van der Waals surface area contributed by atoms with Crippen molar-refractivity contribution in [3.63, 3.8) is 0 Å². The SMILES string of the molecule is COc1cn(-c2ccccc2)nc1C(=O)N(C)CCOc1ccccc1. The number of carbonyl (C=O) groups excluding carboxylic acids is 1. The number of aromatic nitrogens is 2. The molecule has 0 bridgehead atoms. The van der Waals surface area contributed by atoms with Crippen molar-refractivity contribution in [2.75, 3.05) is 27.3 Å². The van der Waals surface area contributed by atoms with E-state index in [0.717, 1.165) is 11.4 Å². The number of para-hydroxylation sites is 2. The van der Waals surface area contributed by atoms with Crippen LogP contribution < -0.4 is 9.47 Å². The van der Waals surface area contributed by atoms with E-state index in [4.69, 9.17) is 9.47 Å². The minimum atomic E-state index is -0.215. The molecule has 3 aromatic rings. The molecule has 6 nitrogen and oxygen atoms in total. The molecule has 6 heteroatoms. The number of nitrogens with zero attached hydrogens (tertiary/aromatic N) is 3. The van der Waals surface area contributed by atoms with Crippen LogP contribution in [0.2, 0.25) is 0 Å². The van der Waals surface area contributed by atoms with Crippen LogP contribution >= 0.6 is 0 Å². The van der Waals surface area contributed by atoms with Crippen molar-refractivity contribution >= 4 is 5.91 Å². The molecule has 1 heterocycles. The molecule has 0 fully saturated rings. The molecule has 0 aliphatic heterocycles. The molecule has 1 aromatic heterocycles. The normalized spacial score (nSPS) is 10.4. The summed E-state index contributed by atoms with van der Waals surface area (Å²) in [6.07, 6.45) is 1.71. The van der Waals surface area contributed by atoms with Gasteiger partial charge < -0.3 is 14.4 Å². The van der Waals surface area contributed by atoms with Gasteiger partial charge in [-0.1, -0.05) is 36.4 Å². The summed E-state index contributed by atoms with van der Waals surface area (Å²) < 4.78 is 12.6. The zero-order valence-corrected chi connectivity index (χ0v) is 14.8. The molecule has 2 aromatic carbocycles. The third-order valence-corrected chi connectivity index (χ3v) is 3.91. The summed E-state index contributed by atoms with van der Waals surface area (Å²) in [7, 11) is 3.25. The summed E-state index contributed by atoms with van der Waals surface area (Å²) in [5.41, 5.74) is 1.14. The summed E-state index contributed by atoms with van der Waals surface area (Å²) in [6.45, 7) is 0.836. The number of hydrogen-bond acceptors (Lipinski definition) is 4. The molecule has 0 saturated heterocycles. The summed E-state index contributed by atoms with van der Waals surface area (Å²) in [5.74, 6) is 1.00. The van der Waals surface area contributed by atoms with Crippen LogP contribution in [0.25, 0.3) is 5.69 Å². The van der Waals surface area contributed by atoms with Gasteiger partial charge >= 0.3 is 0 Å². The molecular formula is C20H21N3O3. The number of rotatable bonds is 7. The molecule has 0 radical (unpaired) electrons. The lowest BCUT2D eigenvalue weighted by Crippen LogP contribution is -2.31. The highest BCUT2D eigenvalue weighted by Crippen LogP contribution is 2.20. The monoisotopic (exact) mass is 351 g/mol. The maximum atomic E-state index is 12.7. The average Bonchev–Trinajstić information content (AvgIpc) is 3.13. The molecule has 0 N–H and O–H groups in total. The van der Waals surface area contributed by atoms with Crippen LogP contribution in [0.15, 0.2) is 66.9 Å². The van der Waals surface area contributed by atoms with Gasteiger partial charge in [-0.25, -0.2) is 4.68 Å². The maximum absolute atomic E-state index is 12.7. The van der Waals surface area contributed by atoms with E-state index in [1.165, 1.54) is 7.11 Å². The fourth-order valence-electron chi connectivity index (χ4n) is 2.47. The van der Waals surface area contributed by atoms with Crippen molar-refractivity contribution in [1.82, 2.24) is 14.7 Å². The van der Waals surface area contributed by atoms with Crippen LogP contribution in [-0.4, -0.2) is 47.9 Å². The minimum absolute atomic E-state index is 0.215. The standard InChI is InChI=1S/C20H21N3O3/c1-22(13-14-26-17-11-7-4-8-12-17)20(24)19-18(25-2)15-23(21-19)16-9-5-3-6-10-16/h3-12,15H,13-14H2,1-2H3. The highest BCUT2D eigenvalue weighted by Gasteiger charge is 2.21. The zero-order chi connectivity index (χ0) is 18.4. The van der Waals surface area contributed by atoms with Crippen LogP contribution in [0.3, 0.4) is 0 Å². The Kier molecular flexibility index (Phi) is 5.53. The third kappa shape index (κ3) is 4.03. The predicted octanol–water partition coefficient (Wildman–Crippen LogP) is 3.03. The lowest BCUT2D eigenvalue weighted by Gasteiger charge is -2.16. The Hall–Kier alpha value is -3.28. The van der Waals surface area contributed by atoms with Crippen molar-refractivity contribution in [3.05, 3.63) is 72.6 Å². The quantitative estimate of drug-likeness (QED) is 0.657. The van der Waals surface area contributed by atoms with Gasteiger partial charge in [0.1, 0.15) is 12.4 Å². The second-order valence-corrected chi connectivity index (χ2v) is 5.71. The molecular weight excluding hydrogens is 330 g/mol. The number of benzene rings is 2. The fraction of sp³-hybridized carbons (Fsp3) is 0.200. The van der Waals surface area contributed by atoms with E-state index in [1.54, 1.807) is 22.8 Å². The molecule has 0 aliphatic rings. The van der Waals surface area contributed by atoms with E-state index in [1.807, 2.05) is 60.7 Å². The van der Waals surface area contributed by atoms with Gasteiger partial charge in [-0.15, -0.1) is 0 Å². The van der Waals surface area contributed by atoms with Crippen molar-refractivity contribution in [2.24, 2.45) is 0 Å². The molecule has 26 heavy (non-hydrogen) atoms. The molecule has 134 valence electrons. The van der Waals surface area contributed by atoms with Gasteiger partial charge in [-0.2, -0.15) is 5.10 Å². The van der Waals surface area contributed by atoms with Gasteiger partial charge in [0.05, 0.1) is 25.5 Å². The van der Waals surface area contributed by atoms with Crippen LogP contribution in [0, 0.1) is 0 Å². The first kappa shape index (κ1) is 17.5. The van der Waals surface area contributed by atoms with Gasteiger partial charge in [-0.3, -0.25) is 4.79 Å². The minimum Gasteiger partial charge on any atom is -0.493 e. The smallest absolute Gasteiger partial charge is 0.278 e. The van der Waals surface area contributed by atoms with E-state index in [9.17, 15) is 4.79 Å². The highest BCUT2D eigenvalue weighted by atomic mass is 16.5. The first-order chi connectivity index (χ1) is 12.7. The first-order valence-corrected chi connectivity index (χ1v) is 8.31. The summed E-state index contributed by atoms with van der Waals surface area (Å²) >= 11 is 0. The second kappa shape index (κ2) is 8.20. The van der Waals surface area contributed by atoms with Crippen molar-refractivity contribution in [2.45, 2.75) is 0 Å². The number of methoxy groups -OCH3 is 1. The molecule has 0 atom stereocenters. The van der Waals surface area contributed by atoms with Crippen molar-refractivity contribution in [3.8, 4) is 17.2 Å². The number of likely N-dealkylation sites (N-methyl/N-ethyl adjacent to an activating group) is 1. The zero-order valence-electron chi connectivity index (χ0n) is 14.8. The Balaban J connectivity index is 1.67. The van der Waals surface area contributed by atoms with E-state index < -0.39 is 0 Å². The Morgan fingerprint density at radius 3 is 2.38 bits per heavy atom. The van der Waals surface area contributed by atoms with Crippen molar-refractivity contribution < 1.29 is 14.3 Å². The van der Waals surface area contributed by atoms with E-state index >= 15 is 0 Å². The molecule has 0 saturated carbocycles. The maximum Gasteiger partial charge on any atom is 0.278 e. The highest BCUT2D eigenvalue weighted by molar-refractivity contribution is 5.94. The molecule has 1 amide bonds. The number of hydrogen-bond donors (Lipinski definition) is 0. The van der Waals surface area contributed by atoms with Gasteiger partial charge in [0.2, 0.25) is 0 Å². The van der Waals surface area contributed by atoms with E-state index in [2.05, 4.69) is 5.10 Å². The van der Waals surface area contributed by atoms with Gasteiger partial charge in [0, 0.05) is 7.05 Å². The fourth-order valence-corrected chi connectivity index (χ4v) is 2.47. The van der Waals surface area contributed by atoms with Gasteiger partial charge in [0.25, 0.3) is 5.91 Å². The van der Waals surface area contributed by atoms with Crippen LogP contribution in [0.5, 0.6) is 11.5 Å². The average molecular weight is 351 g/mol. The van der Waals surface area contributed by atoms with Crippen molar-refractivity contribution in [1.29, 1.82) is 0 Å². The lowest BCUT2D eigenvalue weighted by molar-refractivity contribution is 0.0764. The Labute approximate surface area is 152 Å². The second-order valence-electron chi connectivity index (χ2n) is 5.71. The van der Waals surface area contributed by atoms with Crippen LogP contribution in [0.4, 0.5) is 0 Å². The van der Waals surface area contributed by atoms with Crippen LogP contribution in [0.1, 0.15) is 10.5 Å². The summed E-state index contributed by atoms with van der Waals surface area (Å²) in [6, 6.07) is 19.1. The lowest BCUT2D eigenvalue weighted by atomic mass is 10.3. The predicted molar refractivity (Wildman–Crippen MR) is 99.0 cm³/mol. The third-order valence-electron chi connectivity index (χ3n) is 3.91. The van der Waals surface area contributed by atoms with Gasteiger partial charge in [0.15, 0.2) is 11.4 Å². The summed E-state index contributed by atoms with van der Waals surface area (Å²) in [5, 5.41) is 4.40. The summed E-state index contributed by atoms with van der Waals surface area (Å²) in [4.78, 5) is 14.3. The van der Waals surface area contributed by atoms with E-state index in [0.29, 0.717) is 18.9 Å². The number of ether oxygens (including phenoxy) is 2. The largest absolute Gasteiger partial charge is 0.493 e. The molecule has 0 spiro atoms. The van der Waals surface area contributed by atoms with Gasteiger partial charge in [-0.05, 0) is 24.3 Å². The topological polar surface area (TPSA) is 56.6 Å².